The third-order valence-electron chi connectivity index (χ3n) is 4.66. The van der Waals surface area contributed by atoms with E-state index in [0.717, 1.165) is 11.8 Å². The summed E-state index contributed by atoms with van der Waals surface area (Å²) in [5, 5.41) is 0. The molecule has 2 unspecified atom stereocenters. The summed E-state index contributed by atoms with van der Waals surface area (Å²) in [5.41, 5.74) is 0. The summed E-state index contributed by atoms with van der Waals surface area (Å²) in [6.45, 7) is 12.1. The molecule has 0 aromatic heterocycles. The molecule has 0 saturated carbocycles. The van der Waals surface area contributed by atoms with Gasteiger partial charge in [-0.05, 0) is 25.2 Å². The van der Waals surface area contributed by atoms with Crippen molar-refractivity contribution < 1.29 is 4.48 Å². The van der Waals surface area contributed by atoms with Crippen LogP contribution in [0.5, 0.6) is 0 Å². The molecular weight excluding hydrogens is 230 g/mol. The van der Waals surface area contributed by atoms with Crippen LogP contribution in [0, 0.1) is 11.8 Å². The van der Waals surface area contributed by atoms with Gasteiger partial charge in [-0.15, -0.1) is 0 Å². The molecule has 0 saturated heterocycles. The molecule has 116 valence electrons. The van der Waals surface area contributed by atoms with Crippen LogP contribution in [0.3, 0.4) is 0 Å². The molecule has 0 aliphatic heterocycles. The van der Waals surface area contributed by atoms with Crippen LogP contribution in [0.2, 0.25) is 0 Å². The Morgan fingerprint density at radius 3 is 1.84 bits per heavy atom. The predicted molar refractivity (Wildman–Crippen MR) is 88.5 cm³/mol. The Morgan fingerprint density at radius 1 is 0.789 bits per heavy atom. The molecule has 0 radical (unpaired) electrons. The lowest BCUT2D eigenvalue weighted by molar-refractivity contribution is -0.894. The Hall–Kier alpha value is -0.0400. The number of quaternary nitrogens is 1. The van der Waals surface area contributed by atoms with Crippen molar-refractivity contribution in [1.29, 1.82) is 0 Å². The molecule has 0 bridgehead atoms. The maximum atomic E-state index is 2.42. The Kier molecular flexibility index (Phi) is 10.7. The zero-order valence-corrected chi connectivity index (χ0v) is 14.7. The van der Waals surface area contributed by atoms with Crippen molar-refractivity contribution in [2.24, 2.45) is 11.8 Å². The molecule has 0 aromatic carbocycles. The van der Waals surface area contributed by atoms with E-state index in [-0.39, 0.29) is 0 Å². The summed E-state index contributed by atoms with van der Waals surface area (Å²) in [4.78, 5) is 0. The summed E-state index contributed by atoms with van der Waals surface area (Å²) in [6.07, 6.45) is 11.1. The standard InChI is InChI=1S/C18H40N/c1-7-11-13-17(9-3)15-18(10-4)16-19(5,6)14-12-8-2/h17-18H,7-16H2,1-6H3/q+1. The summed E-state index contributed by atoms with van der Waals surface area (Å²) in [5.74, 6) is 1.89. The molecule has 0 amide bonds. The number of hydrogen-bond donors (Lipinski definition) is 0. The molecular formula is C18H40N+. The fourth-order valence-electron chi connectivity index (χ4n) is 3.20. The van der Waals surface area contributed by atoms with Gasteiger partial charge in [-0.1, -0.05) is 59.8 Å². The van der Waals surface area contributed by atoms with E-state index in [1.807, 2.05) is 0 Å². The molecule has 1 heteroatoms. The van der Waals surface area contributed by atoms with Gasteiger partial charge in [0.15, 0.2) is 0 Å². The first-order chi connectivity index (χ1) is 8.99. The van der Waals surface area contributed by atoms with Crippen LogP contribution in [0.25, 0.3) is 0 Å². The van der Waals surface area contributed by atoms with Crippen LogP contribution in [0.15, 0.2) is 0 Å². The van der Waals surface area contributed by atoms with Crippen molar-refractivity contribution in [3.8, 4) is 0 Å². The van der Waals surface area contributed by atoms with Gasteiger partial charge in [-0.25, -0.2) is 0 Å². The molecule has 2 atom stereocenters. The molecule has 0 heterocycles. The highest BCUT2D eigenvalue weighted by Crippen LogP contribution is 2.25. The topological polar surface area (TPSA) is 0 Å². The van der Waals surface area contributed by atoms with Gasteiger partial charge in [0.05, 0.1) is 27.2 Å². The van der Waals surface area contributed by atoms with Crippen molar-refractivity contribution in [3.63, 3.8) is 0 Å². The summed E-state index contributed by atoms with van der Waals surface area (Å²) < 4.78 is 1.22. The SMILES string of the molecule is CCCCC(CC)CC(CC)C[N+](C)(C)CCCC. The van der Waals surface area contributed by atoms with E-state index in [1.165, 1.54) is 68.9 Å². The zero-order valence-electron chi connectivity index (χ0n) is 14.7. The van der Waals surface area contributed by atoms with E-state index in [4.69, 9.17) is 0 Å². The van der Waals surface area contributed by atoms with Crippen LogP contribution in [-0.2, 0) is 0 Å². The second-order valence-corrected chi connectivity index (χ2v) is 7.12. The van der Waals surface area contributed by atoms with E-state index in [0.29, 0.717) is 0 Å². The maximum absolute atomic E-state index is 2.42. The first kappa shape index (κ1) is 19.0. The average Bonchev–Trinajstić information content (AvgIpc) is 2.39. The lowest BCUT2D eigenvalue weighted by atomic mass is 9.87. The fourth-order valence-corrected chi connectivity index (χ4v) is 3.20. The second kappa shape index (κ2) is 10.7. The van der Waals surface area contributed by atoms with Gasteiger partial charge in [0.1, 0.15) is 0 Å². The first-order valence-electron chi connectivity index (χ1n) is 8.80. The summed E-state index contributed by atoms with van der Waals surface area (Å²) >= 11 is 0. The molecule has 0 aliphatic carbocycles. The van der Waals surface area contributed by atoms with Crippen molar-refractivity contribution in [2.45, 2.75) is 79.1 Å². The smallest absolute Gasteiger partial charge is 0.0811 e. The van der Waals surface area contributed by atoms with E-state index in [1.54, 1.807) is 0 Å². The largest absolute Gasteiger partial charge is 0.328 e. The van der Waals surface area contributed by atoms with Gasteiger partial charge in [-0.3, -0.25) is 0 Å². The van der Waals surface area contributed by atoms with E-state index in [2.05, 4.69) is 41.8 Å². The average molecular weight is 271 g/mol. The van der Waals surface area contributed by atoms with E-state index in [9.17, 15) is 0 Å². The lowest BCUT2D eigenvalue weighted by Gasteiger charge is -2.34. The second-order valence-electron chi connectivity index (χ2n) is 7.12. The predicted octanol–water partition coefficient (Wildman–Crippen LogP) is 5.50. The number of hydrogen-bond acceptors (Lipinski definition) is 0. The summed E-state index contributed by atoms with van der Waals surface area (Å²) in [7, 11) is 4.84. The highest BCUT2D eigenvalue weighted by Gasteiger charge is 2.22. The van der Waals surface area contributed by atoms with E-state index >= 15 is 0 Å². The van der Waals surface area contributed by atoms with Crippen LogP contribution < -0.4 is 0 Å². The van der Waals surface area contributed by atoms with Gasteiger partial charge < -0.3 is 4.48 Å². The molecule has 0 fully saturated rings. The van der Waals surface area contributed by atoms with Crippen LogP contribution in [0.1, 0.15) is 79.1 Å². The van der Waals surface area contributed by atoms with Gasteiger partial charge in [0.2, 0.25) is 0 Å². The van der Waals surface area contributed by atoms with Gasteiger partial charge in [-0.2, -0.15) is 0 Å². The normalized spacial score (nSPS) is 15.5. The molecule has 1 nitrogen and oxygen atoms in total. The van der Waals surface area contributed by atoms with Crippen molar-refractivity contribution in [2.75, 3.05) is 27.2 Å². The molecule has 0 aliphatic rings. The Balaban J connectivity index is 4.23. The zero-order chi connectivity index (χ0) is 14.7. The summed E-state index contributed by atoms with van der Waals surface area (Å²) in [6, 6.07) is 0. The minimum Gasteiger partial charge on any atom is -0.328 e. The number of unbranched alkanes of at least 4 members (excludes halogenated alkanes) is 2. The molecule has 0 spiro atoms. The lowest BCUT2D eigenvalue weighted by Crippen LogP contribution is -2.44. The number of rotatable bonds is 12. The quantitative estimate of drug-likeness (QED) is 0.411. The van der Waals surface area contributed by atoms with Gasteiger partial charge in [0.25, 0.3) is 0 Å². The first-order valence-corrected chi connectivity index (χ1v) is 8.80. The third-order valence-corrected chi connectivity index (χ3v) is 4.66. The van der Waals surface area contributed by atoms with Crippen LogP contribution in [-0.4, -0.2) is 31.7 Å². The Labute approximate surface area is 123 Å². The number of nitrogens with zero attached hydrogens (tertiary/aromatic N) is 1. The minimum absolute atomic E-state index is 0.925. The van der Waals surface area contributed by atoms with Crippen molar-refractivity contribution in [1.82, 2.24) is 0 Å². The van der Waals surface area contributed by atoms with Gasteiger partial charge in [0, 0.05) is 5.92 Å². The Morgan fingerprint density at radius 2 is 1.37 bits per heavy atom. The van der Waals surface area contributed by atoms with Crippen LogP contribution in [0.4, 0.5) is 0 Å². The third kappa shape index (κ3) is 9.49. The maximum Gasteiger partial charge on any atom is 0.0811 e. The fraction of sp³-hybridized carbons (Fsp3) is 1.00. The van der Waals surface area contributed by atoms with Crippen molar-refractivity contribution >= 4 is 0 Å². The highest BCUT2D eigenvalue weighted by atomic mass is 15.3. The molecule has 0 rings (SSSR count). The molecule has 0 aromatic rings. The molecule has 19 heavy (non-hydrogen) atoms. The van der Waals surface area contributed by atoms with E-state index < -0.39 is 0 Å². The van der Waals surface area contributed by atoms with Crippen molar-refractivity contribution in [3.05, 3.63) is 0 Å². The molecule has 0 N–H and O–H groups in total. The van der Waals surface area contributed by atoms with Gasteiger partial charge >= 0.3 is 0 Å². The highest BCUT2D eigenvalue weighted by molar-refractivity contribution is 4.65. The monoisotopic (exact) mass is 270 g/mol. The Bertz CT molecular complexity index is 198. The minimum atomic E-state index is 0.925. The van der Waals surface area contributed by atoms with Crippen LogP contribution >= 0.6 is 0 Å².